The van der Waals surface area contributed by atoms with E-state index in [2.05, 4.69) is 25.6 Å². The van der Waals surface area contributed by atoms with E-state index >= 15 is 0 Å². The molecule has 0 saturated carbocycles. The zero-order chi connectivity index (χ0) is 11.0. The number of hydrogen-bond donors (Lipinski definition) is 0. The maximum atomic E-state index is 4.35. The number of aryl methyl sites for hydroxylation is 1. The van der Waals surface area contributed by atoms with Crippen LogP contribution < -0.4 is 0 Å². The van der Waals surface area contributed by atoms with Crippen molar-refractivity contribution in [2.45, 2.75) is 16.3 Å². The maximum absolute atomic E-state index is 4.35. The van der Waals surface area contributed by atoms with Crippen molar-refractivity contribution in [3.8, 4) is 0 Å². The molecular formula is C8H6N6S2. The van der Waals surface area contributed by atoms with Crippen LogP contribution in [0, 0.1) is 6.92 Å². The summed E-state index contributed by atoms with van der Waals surface area (Å²) in [6.07, 6.45) is 0. The standard InChI is InChI=1S/C8H6N6S2/c1-5-4-15-8(9-5)16-7-3-2-6-10-12-13-14(6)11-7/h2-4H,1H3. The summed E-state index contributed by atoms with van der Waals surface area (Å²) in [5.41, 5.74) is 1.66. The minimum atomic E-state index is 0.639. The molecule has 0 fully saturated rings. The lowest BCUT2D eigenvalue weighted by atomic mass is 10.6. The Bertz CT molecular complexity index is 630. The molecule has 3 aromatic heterocycles. The van der Waals surface area contributed by atoms with E-state index in [0.717, 1.165) is 15.1 Å². The van der Waals surface area contributed by atoms with Gasteiger partial charge < -0.3 is 0 Å². The Hall–Kier alpha value is -1.54. The highest BCUT2D eigenvalue weighted by Crippen LogP contribution is 2.28. The number of aromatic nitrogens is 6. The fourth-order valence-corrected chi connectivity index (χ4v) is 2.89. The molecule has 0 saturated heterocycles. The lowest BCUT2D eigenvalue weighted by molar-refractivity contribution is 0.702. The van der Waals surface area contributed by atoms with Crippen LogP contribution in [0.4, 0.5) is 0 Å². The average Bonchev–Trinajstić information content (AvgIpc) is 2.87. The normalized spacial score (nSPS) is 11.1. The molecule has 0 amide bonds. The number of fused-ring (bicyclic) bond motifs is 1. The van der Waals surface area contributed by atoms with Crippen molar-refractivity contribution in [2.75, 3.05) is 0 Å². The molecule has 3 heterocycles. The second kappa shape index (κ2) is 3.80. The van der Waals surface area contributed by atoms with Crippen molar-refractivity contribution in [2.24, 2.45) is 0 Å². The molecule has 3 aromatic rings. The monoisotopic (exact) mass is 250 g/mol. The minimum absolute atomic E-state index is 0.639. The highest BCUT2D eigenvalue weighted by atomic mass is 32.2. The van der Waals surface area contributed by atoms with E-state index < -0.39 is 0 Å². The van der Waals surface area contributed by atoms with Gasteiger partial charge in [-0.25, -0.2) is 4.98 Å². The fraction of sp³-hybridized carbons (Fsp3) is 0.125. The molecule has 0 bridgehead atoms. The molecular weight excluding hydrogens is 244 g/mol. The topological polar surface area (TPSA) is 68.9 Å². The van der Waals surface area contributed by atoms with E-state index in [1.807, 2.05) is 24.4 Å². The summed E-state index contributed by atoms with van der Waals surface area (Å²) in [5, 5.41) is 18.1. The predicted molar refractivity (Wildman–Crippen MR) is 59.6 cm³/mol. The van der Waals surface area contributed by atoms with Crippen molar-refractivity contribution in [1.29, 1.82) is 0 Å². The van der Waals surface area contributed by atoms with Gasteiger partial charge in [0.2, 0.25) is 0 Å². The first-order valence-electron chi connectivity index (χ1n) is 4.47. The molecule has 0 atom stereocenters. The minimum Gasteiger partial charge on any atom is -0.235 e. The van der Waals surface area contributed by atoms with Gasteiger partial charge in [-0.05, 0) is 41.2 Å². The van der Waals surface area contributed by atoms with Gasteiger partial charge in [-0.1, -0.05) is 0 Å². The molecule has 0 spiro atoms. The van der Waals surface area contributed by atoms with Gasteiger partial charge in [0.25, 0.3) is 0 Å². The molecule has 0 aliphatic heterocycles. The first-order valence-corrected chi connectivity index (χ1v) is 6.16. The lowest BCUT2D eigenvalue weighted by Gasteiger charge is -1.95. The Balaban J connectivity index is 1.94. The van der Waals surface area contributed by atoms with Crippen LogP contribution in [0.25, 0.3) is 5.65 Å². The third kappa shape index (κ3) is 1.76. The average molecular weight is 250 g/mol. The highest BCUT2D eigenvalue weighted by molar-refractivity contribution is 8.00. The van der Waals surface area contributed by atoms with Crippen molar-refractivity contribution >= 4 is 28.7 Å². The molecule has 0 radical (unpaired) electrons. The molecule has 80 valence electrons. The second-order valence-electron chi connectivity index (χ2n) is 3.05. The molecule has 0 aromatic carbocycles. The molecule has 0 unspecified atom stereocenters. The number of rotatable bonds is 2. The highest BCUT2D eigenvalue weighted by Gasteiger charge is 2.05. The van der Waals surface area contributed by atoms with E-state index in [-0.39, 0.29) is 0 Å². The number of tetrazole rings is 1. The van der Waals surface area contributed by atoms with E-state index in [1.165, 1.54) is 16.4 Å². The van der Waals surface area contributed by atoms with Crippen LogP contribution in [0.1, 0.15) is 5.69 Å². The van der Waals surface area contributed by atoms with E-state index in [9.17, 15) is 0 Å². The first kappa shape index (κ1) is 9.67. The maximum Gasteiger partial charge on any atom is 0.200 e. The van der Waals surface area contributed by atoms with Gasteiger partial charge in [0.15, 0.2) is 9.99 Å². The van der Waals surface area contributed by atoms with Gasteiger partial charge in [0.05, 0.1) is 0 Å². The summed E-state index contributed by atoms with van der Waals surface area (Å²) >= 11 is 3.11. The van der Waals surface area contributed by atoms with Crippen LogP contribution in [0.3, 0.4) is 0 Å². The SMILES string of the molecule is Cc1csc(Sc2ccc3nnnn3n2)n1. The predicted octanol–water partition coefficient (Wildman–Crippen LogP) is 1.44. The molecule has 0 aliphatic rings. The van der Waals surface area contributed by atoms with Crippen molar-refractivity contribution in [3.05, 3.63) is 23.2 Å². The summed E-state index contributed by atoms with van der Waals surface area (Å²) in [5.74, 6) is 0. The van der Waals surface area contributed by atoms with Crippen LogP contribution in [0.5, 0.6) is 0 Å². The van der Waals surface area contributed by atoms with E-state index in [1.54, 1.807) is 11.3 Å². The summed E-state index contributed by atoms with van der Waals surface area (Å²) < 4.78 is 2.38. The second-order valence-corrected chi connectivity index (χ2v) is 5.18. The zero-order valence-corrected chi connectivity index (χ0v) is 9.86. The Labute approximate surface area is 98.7 Å². The number of hydrogen-bond acceptors (Lipinski definition) is 7. The summed E-state index contributed by atoms with van der Waals surface area (Å²) in [6, 6.07) is 3.71. The van der Waals surface area contributed by atoms with Crippen molar-refractivity contribution in [1.82, 2.24) is 30.2 Å². The Morgan fingerprint density at radius 3 is 3.12 bits per heavy atom. The van der Waals surface area contributed by atoms with Crippen LogP contribution in [0.15, 0.2) is 26.9 Å². The Morgan fingerprint density at radius 2 is 2.31 bits per heavy atom. The van der Waals surface area contributed by atoms with Crippen LogP contribution in [-0.4, -0.2) is 30.2 Å². The van der Waals surface area contributed by atoms with Gasteiger partial charge in [-0.15, -0.1) is 26.2 Å². The Morgan fingerprint density at radius 1 is 1.38 bits per heavy atom. The van der Waals surface area contributed by atoms with Gasteiger partial charge >= 0.3 is 0 Å². The third-order valence-electron chi connectivity index (χ3n) is 1.83. The third-order valence-corrected chi connectivity index (χ3v) is 3.82. The van der Waals surface area contributed by atoms with Gasteiger partial charge in [-0.2, -0.15) is 0 Å². The smallest absolute Gasteiger partial charge is 0.200 e. The number of nitrogens with zero attached hydrogens (tertiary/aromatic N) is 6. The summed E-state index contributed by atoms with van der Waals surface area (Å²) in [7, 11) is 0. The van der Waals surface area contributed by atoms with Crippen LogP contribution >= 0.6 is 23.1 Å². The van der Waals surface area contributed by atoms with Gasteiger partial charge in [0.1, 0.15) is 5.03 Å². The first-order chi connectivity index (χ1) is 7.81. The zero-order valence-electron chi connectivity index (χ0n) is 8.23. The van der Waals surface area contributed by atoms with Gasteiger partial charge in [0, 0.05) is 11.1 Å². The van der Waals surface area contributed by atoms with Crippen LogP contribution in [0.2, 0.25) is 0 Å². The summed E-state index contributed by atoms with van der Waals surface area (Å²) in [4.78, 5) is 4.35. The molecule has 6 nitrogen and oxygen atoms in total. The van der Waals surface area contributed by atoms with Crippen molar-refractivity contribution < 1.29 is 0 Å². The number of thiazole rings is 1. The molecule has 3 rings (SSSR count). The molecule has 8 heteroatoms. The lowest BCUT2D eigenvalue weighted by Crippen LogP contribution is -1.94. The molecule has 0 aliphatic carbocycles. The van der Waals surface area contributed by atoms with E-state index in [4.69, 9.17) is 0 Å². The summed E-state index contributed by atoms with van der Waals surface area (Å²) in [6.45, 7) is 1.97. The van der Waals surface area contributed by atoms with Crippen LogP contribution in [-0.2, 0) is 0 Å². The van der Waals surface area contributed by atoms with E-state index in [0.29, 0.717) is 5.65 Å². The largest absolute Gasteiger partial charge is 0.235 e. The molecule has 0 N–H and O–H groups in total. The fourth-order valence-electron chi connectivity index (χ4n) is 1.16. The quantitative estimate of drug-likeness (QED) is 0.685. The van der Waals surface area contributed by atoms with Crippen molar-refractivity contribution in [3.63, 3.8) is 0 Å². The molecule has 16 heavy (non-hydrogen) atoms. The van der Waals surface area contributed by atoms with Gasteiger partial charge in [-0.3, -0.25) is 0 Å². The Kier molecular flexibility index (Phi) is 2.29.